The molecule has 0 saturated carbocycles. The lowest BCUT2D eigenvalue weighted by molar-refractivity contribution is -0.384. The van der Waals surface area contributed by atoms with E-state index in [9.17, 15) is 19.7 Å². The average molecular weight is 355 g/mol. The largest absolute Gasteiger partial charge is 0.423 e. The van der Waals surface area contributed by atoms with Crippen LogP contribution in [0.4, 0.5) is 11.4 Å². The van der Waals surface area contributed by atoms with Gasteiger partial charge in [-0.2, -0.15) is 0 Å². The maximum absolute atomic E-state index is 12.2. The van der Waals surface area contributed by atoms with Gasteiger partial charge in [0.2, 0.25) is 5.91 Å². The fraction of sp³-hybridized carbons (Fsp3) is 0.222. The van der Waals surface area contributed by atoms with Crippen molar-refractivity contribution >= 4 is 23.3 Å². The number of benzene rings is 2. The number of nitro benzene ring substituents is 1. The number of nitro groups is 1. The van der Waals surface area contributed by atoms with Crippen LogP contribution in [0.15, 0.2) is 42.5 Å². The van der Waals surface area contributed by atoms with Crippen molar-refractivity contribution in [2.75, 3.05) is 18.0 Å². The fourth-order valence-corrected chi connectivity index (χ4v) is 2.63. The Bertz CT molecular complexity index is 864. The predicted octanol–water partition coefficient (Wildman–Crippen LogP) is 1.95. The molecule has 0 aliphatic carbocycles. The van der Waals surface area contributed by atoms with Gasteiger partial charge in [0.25, 0.3) is 5.69 Å². The first kappa shape index (κ1) is 17.4. The van der Waals surface area contributed by atoms with Crippen LogP contribution < -0.4 is 15.0 Å². The van der Waals surface area contributed by atoms with Gasteiger partial charge in [-0.1, -0.05) is 29.8 Å². The number of non-ortho nitro benzene ring substituents is 1. The van der Waals surface area contributed by atoms with E-state index in [1.165, 1.54) is 23.1 Å². The molecule has 2 aromatic rings. The maximum atomic E-state index is 12.2. The summed E-state index contributed by atoms with van der Waals surface area (Å²) >= 11 is 0. The standard InChI is InChI=1S/C18H17N3O5/c1-12-2-4-13(5-3-12)9-19-17(22)10-20-11-18(23)26-16-8-14(21(24)25)6-7-15(16)20/h2-8H,9-11H2,1H3,(H,19,22). The molecule has 1 amide bonds. The zero-order valence-corrected chi connectivity index (χ0v) is 14.1. The number of carbonyl (C=O) groups excluding carboxylic acids is 2. The zero-order chi connectivity index (χ0) is 18.7. The fourth-order valence-electron chi connectivity index (χ4n) is 2.63. The van der Waals surface area contributed by atoms with Gasteiger partial charge in [0.15, 0.2) is 5.75 Å². The van der Waals surface area contributed by atoms with Crippen molar-refractivity contribution in [3.8, 4) is 5.75 Å². The molecule has 8 nitrogen and oxygen atoms in total. The molecule has 0 saturated heterocycles. The van der Waals surface area contributed by atoms with Gasteiger partial charge in [0.1, 0.15) is 6.54 Å². The number of fused-ring (bicyclic) bond motifs is 1. The molecule has 0 unspecified atom stereocenters. The highest BCUT2D eigenvalue weighted by atomic mass is 16.6. The van der Waals surface area contributed by atoms with Crippen LogP contribution in [-0.4, -0.2) is 29.9 Å². The lowest BCUT2D eigenvalue weighted by Crippen LogP contribution is -2.43. The summed E-state index contributed by atoms with van der Waals surface area (Å²) in [5.41, 5.74) is 2.40. The van der Waals surface area contributed by atoms with Gasteiger partial charge in [-0.05, 0) is 18.6 Å². The minimum absolute atomic E-state index is 0.0498. The van der Waals surface area contributed by atoms with Gasteiger partial charge in [-0.3, -0.25) is 14.9 Å². The van der Waals surface area contributed by atoms with Crippen LogP contribution in [0.2, 0.25) is 0 Å². The van der Waals surface area contributed by atoms with Crippen LogP contribution in [0.5, 0.6) is 5.75 Å². The van der Waals surface area contributed by atoms with E-state index >= 15 is 0 Å². The summed E-state index contributed by atoms with van der Waals surface area (Å²) in [6.07, 6.45) is 0. The van der Waals surface area contributed by atoms with Crippen molar-refractivity contribution in [3.05, 3.63) is 63.7 Å². The first-order chi connectivity index (χ1) is 12.4. The highest BCUT2D eigenvalue weighted by molar-refractivity contribution is 5.89. The SMILES string of the molecule is Cc1ccc(CNC(=O)CN2CC(=O)Oc3cc([N+](=O)[O-])ccc32)cc1. The molecule has 0 radical (unpaired) electrons. The van der Waals surface area contributed by atoms with Gasteiger partial charge >= 0.3 is 5.97 Å². The Hall–Kier alpha value is -3.42. The smallest absolute Gasteiger partial charge is 0.331 e. The lowest BCUT2D eigenvalue weighted by atomic mass is 10.1. The van der Waals surface area contributed by atoms with Crippen LogP contribution in [0, 0.1) is 17.0 Å². The van der Waals surface area contributed by atoms with Gasteiger partial charge < -0.3 is 15.0 Å². The van der Waals surface area contributed by atoms with E-state index < -0.39 is 10.9 Å². The molecule has 3 rings (SSSR count). The maximum Gasteiger partial charge on any atom is 0.331 e. The molecule has 8 heteroatoms. The van der Waals surface area contributed by atoms with E-state index in [1.54, 1.807) is 0 Å². The molecular formula is C18H17N3O5. The molecule has 2 aromatic carbocycles. The molecule has 0 fully saturated rings. The molecule has 0 spiro atoms. The summed E-state index contributed by atoms with van der Waals surface area (Å²) in [5, 5.41) is 13.7. The second kappa shape index (κ2) is 7.22. The first-order valence-electron chi connectivity index (χ1n) is 7.98. The zero-order valence-electron chi connectivity index (χ0n) is 14.1. The molecule has 1 aliphatic heterocycles. The molecule has 1 heterocycles. The number of anilines is 1. The molecule has 0 aromatic heterocycles. The van der Waals surface area contributed by atoms with Crippen LogP contribution in [0.3, 0.4) is 0 Å². The van der Waals surface area contributed by atoms with Crippen molar-refractivity contribution in [2.24, 2.45) is 0 Å². The van der Waals surface area contributed by atoms with Gasteiger partial charge in [0.05, 0.1) is 23.2 Å². The Morgan fingerprint density at radius 2 is 2.00 bits per heavy atom. The summed E-state index contributed by atoms with van der Waals surface area (Å²) in [7, 11) is 0. The van der Waals surface area contributed by atoms with Crippen molar-refractivity contribution in [3.63, 3.8) is 0 Å². The van der Waals surface area contributed by atoms with Gasteiger partial charge in [-0.15, -0.1) is 0 Å². The number of carbonyl (C=O) groups is 2. The number of hydrogen-bond donors (Lipinski definition) is 1. The van der Waals surface area contributed by atoms with E-state index in [4.69, 9.17) is 4.74 Å². The second-order valence-corrected chi connectivity index (χ2v) is 6.00. The molecule has 1 N–H and O–H groups in total. The summed E-state index contributed by atoms with van der Waals surface area (Å²) in [4.78, 5) is 35.8. The minimum Gasteiger partial charge on any atom is -0.423 e. The molecule has 1 aliphatic rings. The van der Waals surface area contributed by atoms with Gasteiger partial charge in [-0.25, -0.2) is 4.79 Å². The Kier molecular flexibility index (Phi) is 4.83. The Balaban J connectivity index is 1.67. The normalized spacial score (nSPS) is 13.0. The number of amides is 1. The van der Waals surface area contributed by atoms with E-state index in [2.05, 4.69) is 5.32 Å². The topological polar surface area (TPSA) is 102 Å². The monoisotopic (exact) mass is 355 g/mol. The highest BCUT2D eigenvalue weighted by Crippen LogP contribution is 2.34. The second-order valence-electron chi connectivity index (χ2n) is 6.00. The van der Waals surface area contributed by atoms with Crippen LogP contribution in [0.1, 0.15) is 11.1 Å². The summed E-state index contributed by atoms with van der Waals surface area (Å²) < 4.78 is 5.06. The molecule has 26 heavy (non-hydrogen) atoms. The van der Waals surface area contributed by atoms with E-state index in [1.807, 2.05) is 31.2 Å². The number of ether oxygens (including phenoxy) is 1. The van der Waals surface area contributed by atoms with E-state index in [0.717, 1.165) is 11.1 Å². The van der Waals surface area contributed by atoms with Crippen molar-refractivity contribution < 1.29 is 19.2 Å². The lowest BCUT2D eigenvalue weighted by Gasteiger charge is -2.28. The number of aryl methyl sites for hydroxylation is 1. The van der Waals surface area contributed by atoms with Gasteiger partial charge in [0, 0.05) is 12.6 Å². The third kappa shape index (κ3) is 3.97. The highest BCUT2D eigenvalue weighted by Gasteiger charge is 2.27. The van der Waals surface area contributed by atoms with Crippen molar-refractivity contribution in [2.45, 2.75) is 13.5 Å². The summed E-state index contributed by atoms with van der Waals surface area (Å²) in [5.74, 6) is -0.740. The number of nitrogens with one attached hydrogen (secondary N) is 1. The van der Waals surface area contributed by atoms with E-state index in [0.29, 0.717) is 12.2 Å². The van der Waals surface area contributed by atoms with Crippen LogP contribution in [-0.2, 0) is 16.1 Å². The number of rotatable bonds is 5. The van der Waals surface area contributed by atoms with Crippen LogP contribution in [0.25, 0.3) is 0 Å². The van der Waals surface area contributed by atoms with Crippen molar-refractivity contribution in [1.29, 1.82) is 0 Å². The molecule has 0 bridgehead atoms. The van der Waals surface area contributed by atoms with Crippen LogP contribution >= 0.6 is 0 Å². The number of hydrogen-bond acceptors (Lipinski definition) is 6. The number of esters is 1. The minimum atomic E-state index is -0.568. The number of nitrogens with zero attached hydrogens (tertiary/aromatic N) is 2. The Labute approximate surface area is 149 Å². The first-order valence-corrected chi connectivity index (χ1v) is 7.98. The molecule has 134 valence electrons. The molecular weight excluding hydrogens is 338 g/mol. The Morgan fingerprint density at radius 3 is 2.69 bits per heavy atom. The summed E-state index contributed by atoms with van der Waals surface area (Å²) in [6.45, 7) is 2.22. The van der Waals surface area contributed by atoms with Crippen molar-refractivity contribution in [1.82, 2.24) is 5.32 Å². The summed E-state index contributed by atoms with van der Waals surface area (Å²) in [6, 6.07) is 11.8. The predicted molar refractivity (Wildman–Crippen MR) is 94.0 cm³/mol. The third-order valence-corrected chi connectivity index (χ3v) is 3.98. The average Bonchev–Trinajstić information content (AvgIpc) is 2.60. The quantitative estimate of drug-likeness (QED) is 0.381. The van der Waals surface area contributed by atoms with E-state index in [-0.39, 0.29) is 30.4 Å². The third-order valence-electron chi connectivity index (χ3n) is 3.98. The Morgan fingerprint density at radius 1 is 1.27 bits per heavy atom. The molecule has 0 atom stereocenters.